The van der Waals surface area contributed by atoms with Crippen molar-refractivity contribution in [1.82, 2.24) is 4.57 Å². The number of ether oxygens (including phenoxy) is 1. The Morgan fingerprint density at radius 1 is 1.42 bits per heavy atom. The van der Waals surface area contributed by atoms with Crippen molar-refractivity contribution in [3.63, 3.8) is 0 Å². The fraction of sp³-hybridized carbons (Fsp3) is 0.429. The molecule has 0 fully saturated rings. The van der Waals surface area contributed by atoms with E-state index >= 15 is 0 Å². The molecule has 0 saturated heterocycles. The highest BCUT2D eigenvalue weighted by Crippen LogP contribution is 2.16. The number of hydrogen-bond donors (Lipinski definition) is 0. The summed E-state index contributed by atoms with van der Waals surface area (Å²) >= 11 is 1.55. The van der Waals surface area contributed by atoms with Crippen LogP contribution in [-0.4, -0.2) is 24.2 Å². The number of carbonyl (C=O) groups excluding carboxylic acids is 1. The van der Waals surface area contributed by atoms with Crippen molar-refractivity contribution < 1.29 is 9.53 Å². The predicted octanol–water partition coefficient (Wildman–Crippen LogP) is 2.58. The molecule has 1 amide bonds. The van der Waals surface area contributed by atoms with E-state index in [0.29, 0.717) is 19.6 Å². The first kappa shape index (κ1) is 14.0. The second kappa shape index (κ2) is 6.63. The van der Waals surface area contributed by atoms with Gasteiger partial charge in [0.25, 0.3) is 0 Å². The minimum absolute atomic E-state index is 0.0553. The number of nitrogens with zero attached hydrogens (tertiary/aromatic N) is 2. The Bertz CT molecular complexity index is 628. The van der Waals surface area contributed by atoms with Crippen LogP contribution in [0.2, 0.25) is 0 Å². The number of rotatable bonds is 5. The highest BCUT2D eigenvalue weighted by molar-refractivity contribution is 7.16. The lowest BCUT2D eigenvalue weighted by Gasteiger charge is -2.03. The number of methoxy groups -OCH3 is 1. The van der Waals surface area contributed by atoms with Crippen LogP contribution in [0.5, 0.6) is 0 Å². The second-order valence-corrected chi connectivity index (χ2v) is 5.26. The average Bonchev–Trinajstić information content (AvgIpc) is 2.74. The summed E-state index contributed by atoms with van der Waals surface area (Å²) in [6.07, 6.45) is 1.32. The molecule has 0 N–H and O–H groups in total. The smallest absolute Gasteiger partial charge is 0.248 e. The third-order valence-electron chi connectivity index (χ3n) is 2.79. The van der Waals surface area contributed by atoms with E-state index in [0.717, 1.165) is 21.4 Å². The van der Waals surface area contributed by atoms with Crippen LogP contribution in [0.4, 0.5) is 0 Å². The Balaban J connectivity index is 2.49. The molecular weight excluding hydrogens is 260 g/mol. The molecule has 0 radical (unpaired) electrons. The summed E-state index contributed by atoms with van der Waals surface area (Å²) in [5, 5.41) is 0. The van der Waals surface area contributed by atoms with Gasteiger partial charge in [-0.15, -0.1) is 0 Å². The van der Waals surface area contributed by atoms with Gasteiger partial charge in [-0.3, -0.25) is 4.79 Å². The fourth-order valence-electron chi connectivity index (χ4n) is 1.88. The summed E-state index contributed by atoms with van der Waals surface area (Å²) in [6.45, 7) is 3.30. The monoisotopic (exact) mass is 278 g/mol. The van der Waals surface area contributed by atoms with Gasteiger partial charge in [-0.1, -0.05) is 30.4 Å². The van der Waals surface area contributed by atoms with E-state index in [1.165, 1.54) is 0 Å². The molecule has 5 heteroatoms. The Kier molecular flexibility index (Phi) is 4.87. The van der Waals surface area contributed by atoms with Crippen LogP contribution in [0.1, 0.15) is 19.8 Å². The average molecular weight is 278 g/mol. The molecule has 0 aliphatic rings. The molecule has 1 aromatic carbocycles. The molecule has 0 atom stereocenters. The normalized spacial score (nSPS) is 12.2. The summed E-state index contributed by atoms with van der Waals surface area (Å²) in [5.41, 5.74) is 1.10. The van der Waals surface area contributed by atoms with Gasteiger partial charge in [-0.25, -0.2) is 0 Å². The van der Waals surface area contributed by atoms with Gasteiger partial charge in [-0.05, 0) is 18.6 Å². The van der Waals surface area contributed by atoms with E-state index in [1.54, 1.807) is 18.4 Å². The predicted molar refractivity (Wildman–Crippen MR) is 77.2 cm³/mol. The van der Waals surface area contributed by atoms with Crippen LogP contribution >= 0.6 is 11.3 Å². The molecule has 0 unspecified atom stereocenters. The van der Waals surface area contributed by atoms with Crippen molar-refractivity contribution in [2.24, 2.45) is 4.99 Å². The number of para-hydroxylation sites is 1. The molecular formula is C14H18N2O2S. The molecule has 1 heterocycles. The largest absolute Gasteiger partial charge is 0.383 e. The number of amides is 1. The molecule has 2 aromatic rings. The van der Waals surface area contributed by atoms with Crippen LogP contribution in [-0.2, 0) is 16.1 Å². The van der Waals surface area contributed by atoms with Crippen LogP contribution in [0.15, 0.2) is 29.3 Å². The number of carbonyl (C=O) groups is 1. The minimum atomic E-state index is -0.0553. The third kappa shape index (κ3) is 3.30. The molecule has 0 bridgehead atoms. The van der Waals surface area contributed by atoms with Crippen molar-refractivity contribution in [2.45, 2.75) is 26.3 Å². The molecule has 4 nitrogen and oxygen atoms in total. The van der Waals surface area contributed by atoms with Gasteiger partial charge in [0.05, 0.1) is 16.8 Å². The van der Waals surface area contributed by atoms with Gasteiger partial charge < -0.3 is 9.30 Å². The molecule has 2 rings (SSSR count). The van der Waals surface area contributed by atoms with Crippen LogP contribution in [0, 0.1) is 0 Å². The van der Waals surface area contributed by atoms with Gasteiger partial charge in [0, 0.05) is 20.1 Å². The number of aromatic nitrogens is 1. The zero-order valence-electron chi connectivity index (χ0n) is 11.3. The maximum absolute atomic E-state index is 11.7. The summed E-state index contributed by atoms with van der Waals surface area (Å²) in [4.78, 5) is 16.7. The van der Waals surface area contributed by atoms with E-state index < -0.39 is 0 Å². The molecule has 19 heavy (non-hydrogen) atoms. The van der Waals surface area contributed by atoms with Crippen molar-refractivity contribution in [1.29, 1.82) is 0 Å². The zero-order valence-corrected chi connectivity index (χ0v) is 12.1. The first-order chi connectivity index (χ1) is 9.26. The molecule has 0 spiro atoms. The molecule has 102 valence electrons. The first-order valence-electron chi connectivity index (χ1n) is 6.41. The van der Waals surface area contributed by atoms with E-state index in [9.17, 15) is 4.79 Å². The van der Waals surface area contributed by atoms with E-state index in [4.69, 9.17) is 4.74 Å². The molecule has 0 aliphatic carbocycles. The number of fused-ring (bicyclic) bond motifs is 1. The van der Waals surface area contributed by atoms with Crippen molar-refractivity contribution in [2.75, 3.05) is 13.7 Å². The van der Waals surface area contributed by atoms with Crippen molar-refractivity contribution in [3.8, 4) is 0 Å². The lowest BCUT2D eigenvalue weighted by Crippen LogP contribution is -2.19. The van der Waals surface area contributed by atoms with E-state index in [-0.39, 0.29) is 5.91 Å². The van der Waals surface area contributed by atoms with Crippen LogP contribution in [0.3, 0.4) is 0 Å². The van der Waals surface area contributed by atoms with Crippen molar-refractivity contribution >= 4 is 27.5 Å². The quantitative estimate of drug-likeness (QED) is 0.843. The SMILES string of the molecule is CCCC(=O)N=c1sc2ccccc2n1CCOC. The Hall–Kier alpha value is -1.46. The summed E-state index contributed by atoms with van der Waals surface area (Å²) in [7, 11) is 1.67. The fourth-order valence-corrected chi connectivity index (χ4v) is 2.95. The van der Waals surface area contributed by atoms with Crippen LogP contribution < -0.4 is 4.80 Å². The van der Waals surface area contributed by atoms with Gasteiger partial charge >= 0.3 is 0 Å². The van der Waals surface area contributed by atoms with Crippen molar-refractivity contribution in [3.05, 3.63) is 29.1 Å². The minimum Gasteiger partial charge on any atom is -0.383 e. The second-order valence-electron chi connectivity index (χ2n) is 4.25. The lowest BCUT2D eigenvalue weighted by molar-refractivity contribution is -0.118. The third-order valence-corrected chi connectivity index (χ3v) is 3.85. The maximum Gasteiger partial charge on any atom is 0.248 e. The molecule has 1 aromatic heterocycles. The Morgan fingerprint density at radius 2 is 2.21 bits per heavy atom. The molecule has 0 saturated carbocycles. The highest BCUT2D eigenvalue weighted by Gasteiger charge is 2.06. The summed E-state index contributed by atoms with van der Waals surface area (Å²) in [6, 6.07) is 8.09. The van der Waals surface area contributed by atoms with Gasteiger partial charge in [0.1, 0.15) is 0 Å². The zero-order chi connectivity index (χ0) is 13.7. The standard InChI is InChI=1S/C14H18N2O2S/c1-3-6-13(17)15-14-16(9-10-18-2)11-7-4-5-8-12(11)19-14/h4-5,7-8H,3,6,9-10H2,1-2H3. The lowest BCUT2D eigenvalue weighted by atomic mass is 10.3. The first-order valence-corrected chi connectivity index (χ1v) is 7.22. The summed E-state index contributed by atoms with van der Waals surface area (Å²) < 4.78 is 8.32. The van der Waals surface area contributed by atoms with E-state index in [1.807, 2.05) is 31.2 Å². The Morgan fingerprint density at radius 3 is 2.95 bits per heavy atom. The number of benzene rings is 1. The molecule has 0 aliphatic heterocycles. The van der Waals surface area contributed by atoms with Gasteiger partial charge in [-0.2, -0.15) is 4.99 Å². The topological polar surface area (TPSA) is 43.6 Å². The van der Waals surface area contributed by atoms with Gasteiger partial charge in [0.2, 0.25) is 5.91 Å². The van der Waals surface area contributed by atoms with Crippen LogP contribution in [0.25, 0.3) is 10.2 Å². The number of hydrogen-bond acceptors (Lipinski definition) is 3. The van der Waals surface area contributed by atoms with E-state index in [2.05, 4.69) is 9.56 Å². The maximum atomic E-state index is 11.7. The Labute approximate surface area is 116 Å². The highest BCUT2D eigenvalue weighted by atomic mass is 32.1. The number of thiazole rings is 1. The van der Waals surface area contributed by atoms with Gasteiger partial charge in [0.15, 0.2) is 4.80 Å². The summed E-state index contributed by atoms with van der Waals surface area (Å²) in [5.74, 6) is -0.0553.